The molecule has 2 aliphatic rings. The second-order valence-electron chi connectivity index (χ2n) is 10.0. The zero-order valence-electron chi connectivity index (χ0n) is 19.9. The fourth-order valence-corrected chi connectivity index (χ4v) is 5.19. The second kappa shape index (κ2) is 9.14. The first-order chi connectivity index (χ1) is 16.0. The van der Waals surface area contributed by atoms with Crippen LogP contribution < -0.4 is 9.80 Å². The summed E-state index contributed by atoms with van der Waals surface area (Å²) < 4.78 is 7.77. The van der Waals surface area contributed by atoms with Crippen molar-refractivity contribution in [3.8, 4) is 11.3 Å². The molecule has 0 bridgehead atoms. The van der Waals surface area contributed by atoms with E-state index < -0.39 is 0 Å². The highest BCUT2D eigenvalue weighted by atomic mass is 16.5. The van der Waals surface area contributed by atoms with Crippen LogP contribution in [-0.2, 0) is 11.3 Å². The van der Waals surface area contributed by atoms with Crippen LogP contribution >= 0.6 is 0 Å². The molecule has 5 rings (SSSR count). The van der Waals surface area contributed by atoms with Crippen LogP contribution in [0.15, 0.2) is 48.8 Å². The highest BCUT2D eigenvalue weighted by Gasteiger charge is 2.40. The number of hydrogen-bond donors (Lipinski definition) is 0. The van der Waals surface area contributed by atoms with Crippen LogP contribution in [0.25, 0.3) is 11.3 Å². The molecule has 1 aromatic carbocycles. The minimum Gasteiger partial charge on any atom is -0.376 e. The lowest BCUT2D eigenvalue weighted by Gasteiger charge is -2.51. The number of aryl methyl sites for hydroxylation is 1. The molecule has 0 amide bonds. The third-order valence-electron chi connectivity index (χ3n) is 6.86. The molecule has 3 aromatic rings. The molecule has 2 fully saturated rings. The predicted octanol–water partition coefficient (Wildman–Crippen LogP) is 4.18. The summed E-state index contributed by atoms with van der Waals surface area (Å²) in [7, 11) is 2.13. The molecule has 0 spiro atoms. The Bertz CT molecular complexity index is 1070. The van der Waals surface area contributed by atoms with Crippen molar-refractivity contribution in [2.24, 2.45) is 5.41 Å². The lowest BCUT2D eigenvalue weighted by Crippen LogP contribution is -2.59. The Morgan fingerprint density at radius 3 is 2.79 bits per heavy atom. The monoisotopic (exact) mass is 446 g/mol. The molecule has 1 unspecified atom stereocenters. The number of hydrogen-bond acceptors (Lipinski definition) is 6. The van der Waals surface area contributed by atoms with Crippen LogP contribution in [-0.4, -0.2) is 59.4 Å². The summed E-state index contributed by atoms with van der Waals surface area (Å²) in [5.74, 6) is 1.03. The van der Waals surface area contributed by atoms with Gasteiger partial charge < -0.3 is 14.5 Å². The summed E-state index contributed by atoms with van der Waals surface area (Å²) >= 11 is 0. The molecule has 2 saturated heterocycles. The first-order valence-corrected chi connectivity index (χ1v) is 12.0. The van der Waals surface area contributed by atoms with Gasteiger partial charge in [0.25, 0.3) is 0 Å². The maximum absolute atomic E-state index is 5.85. The number of benzene rings is 1. The van der Waals surface area contributed by atoms with Crippen molar-refractivity contribution in [3.63, 3.8) is 0 Å². The van der Waals surface area contributed by atoms with Gasteiger partial charge in [-0.15, -0.1) is 5.10 Å². The SMILES string of the molecule is Cc1cc(N2CC(C)(CN(C)c3ccccn3)C2)ccc1-c1cn(CC2CCCCO2)nn1. The van der Waals surface area contributed by atoms with Crippen molar-refractivity contribution in [3.05, 3.63) is 54.4 Å². The third kappa shape index (κ3) is 4.88. The van der Waals surface area contributed by atoms with E-state index in [4.69, 9.17) is 4.74 Å². The summed E-state index contributed by atoms with van der Waals surface area (Å²) in [6.45, 7) is 9.24. The molecule has 2 aliphatic heterocycles. The average Bonchev–Trinajstić information content (AvgIpc) is 3.26. The molecule has 33 heavy (non-hydrogen) atoms. The van der Waals surface area contributed by atoms with Crippen molar-refractivity contribution >= 4 is 11.5 Å². The Hall–Kier alpha value is -2.93. The molecule has 0 radical (unpaired) electrons. The minimum atomic E-state index is 0.253. The molecule has 4 heterocycles. The minimum absolute atomic E-state index is 0.253. The normalized spacial score (nSPS) is 19.8. The summed E-state index contributed by atoms with van der Waals surface area (Å²) in [6.07, 6.45) is 7.68. The highest BCUT2D eigenvalue weighted by molar-refractivity contribution is 5.67. The van der Waals surface area contributed by atoms with E-state index in [0.717, 1.165) is 56.3 Å². The number of nitrogens with zero attached hydrogens (tertiary/aromatic N) is 6. The Balaban J connectivity index is 1.20. The van der Waals surface area contributed by atoms with Gasteiger partial charge in [0.05, 0.1) is 18.8 Å². The third-order valence-corrected chi connectivity index (χ3v) is 6.86. The topological polar surface area (TPSA) is 59.3 Å². The molecular formula is C26H34N6O. The van der Waals surface area contributed by atoms with Gasteiger partial charge in [-0.2, -0.15) is 0 Å². The Morgan fingerprint density at radius 2 is 2.06 bits per heavy atom. The lowest BCUT2D eigenvalue weighted by molar-refractivity contribution is 0.00370. The van der Waals surface area contributed by atoms with Gasteiger partial charge in [0.2, 0.25) is 0 Å². The molecule has 7 nitrogen and oxygen atoms in total. The van der Waals surface area contributed by atoms with Crippen LogP contribution in [0.2, 0.25) is 0 Å². The fraction of sp³-hybridized carbons (Fsp3) is 0.500. The van der Waals surface area contributed by atoms with Crippen LogP contribution in [0.5, 0.6) is 0 Å². The number of pyridine rings is 1. The number of rotatable bonds is 7. The van der Waals surface area contributed by atoms with Gasteiger partial charge in [0.1, 0.15) is 11.5 Å². The van der Waals surface area contributed by atoms with Gasteiger partial charge in [-0.3, -0.25) is 0 Å². The van der Waals surface area contributed by atoms with E-state index >= 15 is 0 Å². The van der Waals surface area contributed by atoms with Crippen LogP contribution in [0.1, 0.15) is 31.7 Å². The zero-order valence-corrected chi connectivity index (χ0v) is 19.9. The fourth-order valence-electron chi connectivity index (χ4n) is 5.19. The van der Waals surface area contributed by atoms with E-state index in [1.165, 1.54) is 24.1 Å². The summed E-state index contributed by atoms with van der Waals surface area (Å²) in [5, 5.41) is 8.79. The van der Waals surface area contributed by atoms with Gasteiger partial charge >= 0.3 is 0 Å². The summed E-state index contributed by atoms with van der Waals surface area (Å²) in [4.78, 5) is 9.19. The number of aromatic nitrogens is 4. The molecule has 0 saturated carbocycles. The molecule has 1 atom stereocenters. The smallest absolute Gasteiger partial charge is 0.128 e. The number of ether oxygens (including phenoxy) is 1. The van der Waals surface area contributed by atoms with E-state index in [0.29, 0.717) is 0 Å². The average molecular weight is 447 g/mol. The number of anilines is 2. The maximum atomic E-state index is 5.85. The van der Waals surface area contributed by atoms with E-state index in [-0.39, 0.29) is 11.5 Å². The van der Waals surface area contributed by atoms with E-state index in [9.17, 15) is 0 Å². The largest absolute Gasteiger partial charge is 0.376 e. The zero-order chi connectivity index (χ0) is 22.8. The van der Waals surface area contributed by atoms with Crippen molar-refractivity contribution in [1.82, 2.24) is 20.0 Å². The van der Waals surface area contributed by atoms with Crippen LogP contribution in [0.3, 0.4) is 0 Å². The molecule has 2 aromatic heterocycles. The quantitative estimate of drug-likeness (QED) is 0.543. The van der Waals surface area contributed by atoms with Gasteiger partial charge in [0.15, 0.2) is 0 Å². The van der Waals surface area contributed by atoms with E-state index in [1.54, 1.807) is 0 Å². The van der Waals surface area contributed by atoms with E-state index in [1.807, 2.05) is 29.2 Å². The predicted molar refractivity (Wildman–Crippen MR) is 132 cm³/mol. The Morgan fingerprint density at radius 1 is 1.18 bits per heavy atom. The summed E-state index contributed by atoms with van der Waals surface area (Å²) in [5.41, 5.74) is 4.83. The molecule has 7 heteroatoms. The van der Waals surface area contributed by atoms with Crippen molar-refractivity contribution < 1.29 is 4.74 Å². The van der Waals surface area contributed by atoms with Gasteiger partial charge in [-0.25, -0.2) is 9.67 Å². The first kappa shape index (κ1) is 21.9. The molecule has 174 valence electrons. The Labute approximate surface area is 196 Å². The Kier molecular flexibility index (Phi) is 6.06. The summed E-state index contributed by atoms with van der Waals surface area (Å²) in [6, 6.07) is 12.8. The van der Waals surface area contributed by atoms with Gasteiger partial charge in [-0.1, -0.05) is 24.3 Å². The highest BCUT2D eigenvalue weighted by Crippen LogP contribution is 2.37. The second-order valence-corrected chi connectivity index (χ2v) is 10.0. The molecular weight excluding hydrogens is 412 g/mol. The van der Waals surface area contributed by atoms with E-state index in [2.05, 4.69) is 70.3 Å². The van der Waals surface area contributed by atoms with Gasteiger partial charge in [0, 0.05) is 56.2 Å². The maximum Gasteiger partial charge on any atom is 0.128 e. The lowest BCUT2D eigenvalue weighted by atomic mass is 9.81. The van der Waals surface area contributed by atoms with Crippen LogP contribution in [0.4, 0.5) is 11.5 Å². The van der Waals surface area contributed by atoms with Crippen LogP contribution in [0, 0.1) is 12.3 Å². The van der Waals surface area contributed by atoms with Gasteiger partial charge in [-0.05, 0) is 56.0 Å². The van der Waals surface area contributed by atoms with Crippen molar-refractivity contribution in [1.29, 1.82) is 0 Å². The molecule has 0 aliphatic carbocycles. The first-order valence-electron chi connectivity index (χ1n) is 12.0. The standard InChI is InChI=1S/C26H34N6O/c1-20-14-21(31-18-26(2,19-31)17-30(3)25-9-4-6-12-27-25)10-11-23(20)24-16-32(29-28-24)15-22-8-5-7-13-33-22/h4,6,9-12,14,16,22H,5,7-8,13,15,17-19H2,1-3H3. The molecule has 0 N–H and O–H groups in total. The van der Waals surface area contributed by atoms with Crippen molar-refractivity contribution in [2.45, 2.75) is 45.8 Å². The van der Waals surface area contributed by atoms with Crippen molar-refractivity contribution in [2.75, 3.05) is 43.1 Å².